The molecule has 1 rings (SSSR count). The minimum Gasteiger partial charge on any atom is -0.384 e. The molecule has 0 amide bonds. The second-order valence-corrected chi connectivity index (χ2v) is 6.00. The molecule has 0 spiro atoms. The van der Waals surface area contributed by atoms with Crippen LogP contribution in [-0.2, 0) is 10.2 Å². The Morgan fingerprint density at radius 2 is 2.10 bits per heavy atom. The summed E-state index contributed by atoms with van der Waals surface area (Å²) in [5, 5.41) is 8.65. The van der Waals surface area contributed by atoms with Crippen LogP contribution in [0.25, 0.3) is 0 Å². The van der Waals surface area contributed by atoms with Crippen molar-refractivity contribution in [3.63, 3.8) is 0 Å². The Morgan fingerprint density at radius 3 is 2.70 bits per heavy atom. The highest BCUT2D eigenvalue weighted by Crippen LogP contribution is 2.17. The Morgan fingerprint density at radius 1 is 1.40 bits per heavy atom. The van der Waals surface area contributed by atoms with E-state index in [9.17, 15) is 12.8 Å². The fourth-order valence-electron chi connectivity index (χ4n) is 1.30. The molecular weight excluding hydrogens is 283 g/mol. The zero-order chi connectivity index (χ0) is 15.2. The molecule has 0 radical (unpaired) electrons. The predicted molar refractivity (Wildman–Crippen MR) is 75.7 cm³/mol. The van der Waals surface area contributed by atoms with Gasteiger partial charge in [-0.25, -0.2) is 4.39 Å². The minimum atomic E-state index is -3.74. The average Bonchev–Trinajstić information content (AvgIpc) is 2.37. The maximum Gasteiger partial charge on any atom is 0.299 e. The van der Waals surface area contributed by atoms with Crippen LogP contribution in [0.3, 0.4) is 0 Å². The molecule has 0 aliphatic rings. The minimum absolute atomic E-state index is 0.156. The van der Waals surface area contributed by atoms with Gasteiger partial charge < -0.3 is 5.11 Å². The first-order chi connectivity index (χ1) is 9.34. The molecular formula is C13H17FN2O3S. The highest BCUT2D eigenvalue weighted by molar-refractivity contribution is 7.90. The van der Waals surface area contributed by atoms with Crippen LogP contribution in [0.2, 0.25) is 0 Å². The van der Waals surface area contributed by atoms with Gasteiger partial charge in [-0.15, -0.1) is 0 Å². The van der Waals surface area contributed by atoms with E-state index in [0.717, 1.165) is 12.1 Å². The molecule has 0 bridgehead atoms. The summed E-state index contributed by atoms with van der Waals surface area (Å²) >= 11 is 0. The molecule has 0 aromatic heterocycles. The van der Waals surface area contributed by atoms with E-state index in [-0.39, 0.29) is 23.7 Å². The van der Waals surface area contributed by atoms with Crippen LogP contribution in [0, 0.1) is 23.6 Å². The van der Waals surface area contributed by atoms with Crippen molar-refractivity contribution in [2.45, 2.75) is 13.8 Å². The van der Waals surface area contributed by atoms with Crippen LogP contribution in [0.4, 0.5) is 10.1 Å². The van der Waals surface area contributed by atoms with Gasteiger partial charge in [0.15, 0.2) is 0 Å². The zero-order valence-electron chi connectivity index (χ0n) is 11.3. The summed E-state index contributed by atoms with van der Waals surface area (Å²) in [6, 6.07) is 3.51. The summed E-state index contributed by atoms with van der Waals surface area (Å²) in [7, 11) is -3.74. The van der Waals surface area contributed by atoms with Crippen molar-refractivity contribution in [1.29, 1.82) is 0 Å². The number of anilines is 1. The van der Waals surface area contributed by atoms with Crippen LogP contribution >= 0.6 is 0 Å². The molecule has 110 valence electrons. The summed E-state index contributed by atoms with van der Waals surface area (Å²) in [6.45, 7) is 3.64. The number of rotatable bonds is 5. The van der Waals surface area contributed by atoms with Crippen LogP contribution < -0.4 is 9.44 Å². The van der Waals surface area contributed by atoms with Gasteiger partial charge in [-0.2, -0.15) is 13.1 Å². The standard InChI is InChI=1S/C13H17FN2O3S/c1-10(2)9-15-20(18,19)16-13-6-5-12(14)8-11(13)4-3-7-17/h5-6,8,10,15-17H,7,9H2,1-2H3. The van der Waals surface area contributed by atoms with Gasteiger partial charge in [-0.05, 0) is 24.1 Å². The molecule has 1 aromatic rings. The maximum atomic E-state index is 13.1. The molecule has 0 atom stereocenters. The van der Waals surface area contributed by atoms with E-state index in [4.69, 9.17) is 5.11 Å². The Labute approximate surface area is 118 Å². The van der Waals surface area contributed by atoms with Crippen LogP contribution in [-0.4, -0.2) is 26.7 Å². The first-order valence-corrected chi connectivity index (χ1v) is 7.49. The third-order valence-electron chi connectivity index (χ3n) is 2.21. The summed E-state index contributed by atoms with van der Waals surface area (Å²) in [5.74, 6) is 4.47. The largest absolute Gasteiger partial charge is 0.384 e. The fraction of sp³-hybridized carbons (Fsp3) is 0.385. The Bertz CT molecular complexity index is 618. The number of nitrogens with one attached hydrogen (secondary N) is 2. The van der Waals surface area contributed by atoms with E-state index in [1.807, 2.05) is 13.8 Å². The normalized spacial score (nSPS) is 11.1. The molecule has 7 heteroatoms. The Hall–Kier alpha value is -1.62. The summed E-state index contributed by atoms with van der Waals surface area (Å²) in [4.78, 5) is 0. The second-order valence-electron chi connectivity index (χ2n) is 4.50. The van der Waals surface area contributed by atoms with Gasteiger partial charge in [-0.1, -0.05) is 25.7 Å². The number of aliphatic hydroxyl groups is 1. The highest BCUT2D eigenvalue weighted by atomic mass is 32.2. The highest BCUT2D eigenvalue weighted by Gasteiger charge is 2.12. The SMILES string of the molecule is CC(C)CNS(=O)(=O)Nc1ccc(F)cc1C#CCO. The summed E-state index contributed by atoms with van der Waals surface area (Å²) in [5.41, 5.74) is 0.317. The van der Waals surface area contributed by atoms with Crippen molar-refractivity contribution in [1.82, 2.24) is 4.72 Å². The summed E-state index contributed by atoms with van der Waals surface area (Å²) in [6.07, 6.45) is 0. The molecule has 0 heterocycles. The van der Waals surface area contributed by atoms with Crippen molar-refractivity contribution >= 4 is 15.9 Å². The maximum absolute atomic E-state index is 13.1. The van der Waals surface area contributed by atoms with Crippen molar-refractivity contribution in [3.8, 4) is 11.8 Å². The third-order valence-corrected chi connectivity index (χ3v) is 3.25. The lowest BCUT2D eigenvalue weighted by atomic mass is 10.2. The van der Waals surface area contributed by atoms with Crippen LogP contribution in [0.5, 0.6) is 0 Å². The van der Waals surface area contributed by atoms with E-state index in [0.29, 0.717) is 0 Å². The van der Waals surface area contributed by atoms with E-state index in [1.165, 1.54) is 6.07 Å². The number of benzene rings is 1. The molecule has 0 saturated carbocycles. The lowest BCUT2D eigenvalue weighted by Crippen LogP contribution is -2.33. The zero-order valence-corrected chi connectivity index (χ0v) is 12.1. The molecule has 1 aromatic carbocycles. The van der Waals surface area contributed by atoms with Gasteiger partial charge in [0, 0.05) is 6.54 Å². The van der Waals surface area contributed by atoms with Crippen molar-refractivity contribution in [2.75, 3.05) is 17.9 Å². The molecule has 0 saturated heterocycles. The van der Waals surface area contributed by atoms with Gasteiger partial charge in [-0.3, -0.25) is 4.72 Å². The van der Waals surface area contributed by atoms with Crippen molar-refractivity contribution in [2.24, 2.45) is 5.92 Å². The van der Waals surface area contributed by atoms with Crippen molar-refractivity contribution < 1.29 is 17.9 Å². The average molecular weight is 300 g/mol. The van der Waals surface area contributed by atoms with Crippen LogP contribution in [0.1, 0.15) is 19.4 Å². The van der Waals surface area contributed by atoms with E-state index in [2.05, 4.69) is 21.3 Å². The topological polar surface area (TPSA) is 78.4 Å². The smallest absolute Gasteiger partial charge is 0.299 e. The number of hydrogen-bond acceptors (Lipinski definition) is 3. The van der Waals surface area contributed by atoms with E-state index in [1.54, 1.807) is 0 Å². The third kappa shape index (κ3) is 5.57. The lowest BCUT2D eigenvalue weighted by molar-refractivity contribution is 0.350. The van der Waals surface area contributed by atoms with Gasteiger partial charge >= 0.3 is 0 Å². The number of aliphatic hydroxyl groups excluding tert-OH is 1. The molecule has 20 heavy (non-hydrogen) atoms. The molecule has 0 unspecified atom stereocenters. The molecule has 0 aliphatic heterocycles. The predicted octanol–water partition coefficient (Wildman–Crippen LogP) is 1.07. The van der Waals surface area contributed by atoms with Gasteiger partial charge in [0.05, 0.1) is 11.3 Å². The second kappa shape index (κ2) is 7.24. The van der Waals surface area contributed by atoms with E-state index >= 15 is 0 Å². The molecule has 5 nitrogen and oxygen atoms in total. The molecule has 3 N–H and O–H groups in total. The lowest BCUT2D eigenvalue weighted by Gasteiger charge is -2.12. The Kier molecular flexibility index (Phi) is 5.95. The first-order valence-electron chi connectivity index (χ1n) is 6.00. The first kappa shape index (κ1) is 16.4. The molecule has 0 aliphatic carbocycles. The monoisotopic (exact) mass is 300 g/mol. The van der Waals surface area contributed by atoms with Crippen LogP contribution in [0.15, 0.2) is 18.2 Å². The van der Waals surface area contributed by atoms with Gasteiger partial charge in [0.2, 0.25) is 0 Å². The number of hydrogen-bond donors (Lipinski definition) is 3. The van der Waals surface area contributed by atoms with Gasteiger partial charge in [0.25, 0.3) is 10.2 Å². The van der Waals surface area contributed by atoms with Crippen molar-refractivity contribution in [3.05, 3.63) is 29.6 Å². The summed E-state index contributed by atoms with van der Waals surface area (Å²) < 4.78 is 41.4. The van der Waals surface area contributed by atoms with E-state index < -0.39 is 22.6 Å². The number of halogens is 1. The van der Waals surface area contributed by atoms with Gasteiger partial charge in [0.1, 0.15) is 12.4 Å². The Balaban J connectivity index is 2.96. The fourth-order valence-corrected chi connectivity index (χ4v) is 2.39. The molecule has 0 fully saturated rings. The quantitative estimate of drug-likeness (QED) is 0.712.